The molecule has 0 aromatic heterocycles. The number of nitro groups is 1. The summed E-state index contributed by atoms with van der Waals surface area (Å²) in [5.41, 5.74) is 2.57. The standard InChI is InChI=1S/C25H20BrClN2O4S/c26-14-6-3-5-13(11-14)23-17-12-20(34-19-10-2-1-9-18(19)29(32)33)22(27)21(17)15-7-4-8-16(25(30)31)24(15)28-23/h1-11,17,20-23,28H,12H2,(H,30,31)/p-1. The molecule has 0 saturated heterocycles. The number of fused-ring (bicyclic) bond motifs is 3. The van der Waals surface area contributed by atoms with E-state index < -0.39 is 5.97 Å². The number of hydrogen-bond donors (Lipinski definition) is 1. The number of carboxylic acid groups (broad SMARTS) is 1. The number of para-hydroxylation sites is 2. The van der Waals surface area contributed by atoms with Crippen LogP contribution < -0.4 is 10.4 Å². The minimum Gasteiger partial charge on any atom is -0.545 e. The van der Waals surface area contributed by atoms with Gasteiger partial charge in [0.25, 0.3) is 5.69 Å². The number of carbonyl (C=O) groups is 1. The monoisotopic (exact) mass is 557 g/mol. The third kappa shape index (κ3) is 4.08. The van der Waals surface area contributed by atoms with Crippen LogP contribution in [0.25, 0.3) is 0 Å². The number of nitrogens with one attached hydrogen (secondary N) is 1. The van der Waals surface area contributed by atoms with Crippen molar-refractivity contribution >= 4 is 56.6 Å². The van der Waals surface area contributed by atoms with E-state index in [-0.39, 0.29) is 44.7 Å². The predicted molar refractivity (Wildman–Crippen MR) is 135 cm³/mol. The van der Waals surface area contributed by atoms with Gasteiger partial charge in [0.15, 0.2) is 0 Å². The molecule has 5 atom stereocenters. The van der Waals surface area contributed by atoms with Crippen molar-refractivity contribution in [3.05, 3.63) is 98.0 Å². The fourth-order valence-corrected chi connectivity index (χ4v) is 7.58. The quantitative estimate of drug-likeness (QED) is 0.243. The second-order valence-electron chi connectivity index (χ2n) is 8.49. The molecule has 1 N–H and O–H groups in total. The molecule has 5 rings (SSSR count). The average molecular weight is 559 g/mol. The van der Waals surface area contributed by atoms with E-state index in [1.165, 1.54) is 23.9 Å². The second-order valence-corrected chi connectivity index (χ2v) is 11.2. The molecule has 9 heteroatoms. The maximum Gasteiger partial charge on any atom is 0.282 e. The van der Waals surface area contributed by atoms with E-state index in [9.17, 15) is 20.0 Å². The lowest BCUT2D eigenvalue weighted by atomic mass is 9.76. The van der Waals surface area contributed by atoms with E-state index in [2.05, 4.69) is 21.2 Å². The van der Waals surface area contributed by atoms with E-state index >= 15 is 0 Å². The van der Waals surface area contributed by atoms with Crippen LogP contribution in [0.1, 0.15) is 39.9 Å². The van der Waals surface area contributed by atoms with Gasteiger partial charge < -0.3 is 15.2 Å². The van der Waals surface area contributed by atoms with Crippen molar-refractivity contribution in [1.29, 1.82) is 0 Å². The van der Waals surface area contributed by atoms with E-state index in [1.807, 2.05) is 30.3 Å². The van der Waals surface area contributed by atoms with Gasteiger partial charge >= 0.3 is 0 Å². The number of thioether (sulfide) groups is 1. The van der Waals surface area contributed by atoms with Crippen LogP contribution in [-0.4, -0.2) is 21.5 Å². The molecule has 1 fully saturated rings. The summed E-state index contributed by atoms with van der Waals surface area (Å²) >= 11 is 12.0. The highest BCUT2D eigenvalue weighted by molar-refractivity contribution is 9.10. The highest BCUT2D eigenvalue weighted by atomic mass is 79.9. The van der Waals surface area contributed by atoms with Gasteiger partial charge in [0.2, 0.25) is 0 Å². The minimum atomic E-state index is -1.24. The molecule has 3 aromatic carbocycles. The van der Waals surface area contributed by atoms with E-state index in [4.69, 9.17) is 11.6 Å². The largest absolute Gasteiger partial charge is 0.545 e. The van der Waals surface area contributed by atoms with Crippen LogP contribution in [0.3, 0.4) is 0 Å². The molecule has 0 spiro atoms. The normalized spacial score (nSPS) is 25.2. The lowest BCUT2D eigenvalue weighted by Gasteiger charge is -2.39. The van der Waals surface area contributed by atoms with Crippen LogP contribution >= 0.6 is 39.3 Å². The summed E-state index contributed by atoms with van der Waals surface area (Å²) in [6.07, 6.45) is 0.717. The van der Waals surface area contributed by atoms with Gasteiger partial charge in [0, 0.05) is 33.0 Å². The van der Waals surface area contributed by atoms with Gasteiger partial charge in [-0.3, -0.25) is 10.1 Å². The molecule has 2 aliphatic rings. The Kier molecular flexibility index (Phi) is 6.31. The number of alkyl halides is 1. The van der Waals surface area contributed by atoms with Crippen molar-refractivity contribution in [1.82, 2.24) is 0 Å². The SMILES string of the molecule is O=C([O-])c1cccc2c1NC(c1cccc(Br)c1)C1CC(Sc3ccccc3[N+](=O)[O-])C(Cl)C21. The highest BCUT2D eigenvalue weighted by Gasteiger charge is 2.50. The molecule has 0 bridgehead atoms. The van der Waals surface area contributed by atoms with E-state index in [1.54, 1.807) is 24.3 Å². The zero-order valence-corrected chi connectivity index (χ0v) is 20.8. The number of rotatable bonds is 5. The summed E-state index contributed by atoms with van der Waals surface area (Å²) in [4.78, 5) is 23.6. The van der Waals surface area contributed by atoms with Crippen LogP contribution in [0.5, 0.6) is 0 Å². The summed E-state index contributed by atoms with van der Waals surface area (Å²) in [5.74, 6) is -1.30. The van der Waals surface area contributed by atoms with Crippen LogP contribution in [0.4, 0.5) is 11.4 Å². The third-order valence-electron chi connectivity index (χ3n) is 6.62. The van der Waals surface area contributed by atoms with Crippen molar-refractivity contribution < 1.29 is 14.8 Å². The molecule has 1 heterocycles. The maximum atomic E-state index is 11.9. The van der Waals surface area contributed by atoms with Gasteiger partial charge in [-0.1, -0.05) is 58.4 Å². The summed E-state index contributed by atoms with van der Waals surface area (Å²) in [6.45, 7) is 0. The number of anilines is 1. The van der Waals surface area contributed by atoms with Gasteiger partial charge in [-0.05, 0) is 41.7 Å². The number of nitro benzene ring substituents is 1. The first-order valence-electron chi connectivity index (χ1n) is 10.8. The molecule has 3 aromatic rings. The molecule has 1 aliphatic carbocycles. The number of carboxylic acids is 1. The molecule has 0 amide bonds. The van der Waals surface area contributed by atoms with Crippen LogP contribution in [0, 0.1) is 16.0 Å². The summed E-state index contributed by atoms with van der Waals surface area (Å²) in [5, 5.41) is 26.5. The lowest BCUT2D eigenvalue weighted by molar-refractivity contribution is -0.387. The number of halogens is 2. The van der Waals surface area contributed by atoms with Crippen molar-refractivity contribution in [2.45, 2.75) is 33.9 Å². The predicted octanol–water partition coefficient (Wildman–Crippen LogP) is 5.76. The van der Waals surface area contributed by atoms with Gasteiger partial charge in [0.05, 0.1) is 27.2 Å². The second kappa shape index (κ2) is 9.24. The van der Waals surface area contributed by atoms with Crippen molar-refractivity contribution in [3.63, 3.8) is 0 Å². The Morgan fingerprint density at radius 3 is 2.62 bits per heavy atom. The zero-order chi connectivity index (χ0) is 24.0. The summed E-state index contributed by atoms with van der Waals surface area (Å²) in [7, 11) is 0. The van der Waals surface area contributed by atoms with Crippen molar-refractivity contribution in [3.8, 4) is 0 Å². The Balaban J connectivity index is 1.58. The molecular weight excluding hydrogens is 540 g/mol. The van der Waals surface area contributed by atoms with Gasteiger partial charge in [-0.25, -0.2) is 0 Å². The Morgan fingerprint density at radius 1 is 1.12 bits per heavy atom. The van der Waals surface area contributed by atoms with Crippen molar-refractivity contribution in [2.24, 2.45) is 5.92 Å². The fourth-order valence-electron chi connectivity index (χ4n) is 5.21. The first-order valence-corrected chi connectivity index (χ1v) is 12.9. The number of carbonyl (C=O) groups excluding carboxylic acids is 1. The van der Waals surface area contributed by atoms with Gasteiger partial charge in [0.1, 0.15) is 0 Å². The molecule has 0 radical (unpaired) electrons. The fraction of sp³-hybridized carbons (Fsp3) is 0.240. The topological polar surface area (TPSA) is 95.3 Å². The maximum absolute atomic E-state index is 11.9. The Morgan fingerprint density at radius 2 is 1.88 bits per heavy atom. The van der Waals surface area contributed by atoms with Crippen LogP contribution in [0.15, 0.2) is 76.1 Å². The highest BCUT2D eigenvalue weighted by Crippen LogP contribution is 2.58. The summed E-state index contributed by atoms with van der Waals surface area (Å²) in [6, 6.07) is 19.6. The Bertz CT molecular complexity index is 1290. The molecule has 34 heavy (non-hydrogen) atoms. The van der Waals surface area contributed by atoms with Crippen molar-refractivity contribution in [2.75, 3.05) is 5.32 Å². The zero-order valence-electron chi connectivity index (χ0n) is 17.7. The number of hydrogen-bond acceptors (Lipinski definition) is 6. The van der Waals surface area contributed by atoms with E-state index in [0.717, 1.165) is 15.6 Å². The van der Waals surface area contributed by atoms with Gasteiger partial charge in [-0.2, -0.15) is 0 Å². The molecule has 6 nitrogen and oxygen atoms in total. The Hall–Kier alpha value is -2.55. The van der Waals surface area contributed by atoms with E-state index in [0.29, 0.717) is 17.0 Å². The molecular formula is C25H19BrClN2O4S-. The molecule has 5 unspecified atom stereocenters. The average Bonchev–Trinajstić information content (AvgIpc) is 3.14. The first-order chi connectivity index (χ1) is 16.3. The smallest absolute Gasteiger partial charge is 0.282 e. The number of aromatic carboxylic acids is 1. The molecule has 1 aliphatic heterocycles. The van der Waals surface area contributed by atoms with Gasteiger partial charge in [-0.15, -0.1) is 23.4 Å². The summed E-state index contributed by atoms with van der Waals surface area (Å²) < 4.78 is 0.925. The number of benzene rings is 3. The van der Waals surface area contributed by atoms with Crippen LogP contribution in [0.2, 0.25) is 0 Å². The first kappa shape index (κ1) is 23.2. The molecule has 174 valence electrons. The minimum absolute atomic E-state index is 0.0625. The third-order valence-corrected chi connectivity index (χ3v) is 9.22. The number of nitrogens with zero attached hydrogens (tertiary/aromatic N) is 1. The Labute approximate surface area is 214 Å². The van der Waals surface area contributed by atoms with Crippen LogP contribution in [-0.2, 0) is 0 Å². The lowest BCUT2D eigenvalue weighted by Crippen LogP contribution is -2.33. The molecule has 1 saturated carbocycles.